The third-order valence-electron chi connectivity index (χ3n) is 3.40. The minimum absolute atomic E-state index is 0.0657. The number of halogens is 1. The molecule has 0 aliphatic rings. The van der Waals surface area contributed by atoms with Gasteiger partial charge in [-0.25, -0.2) is 4.39 Å². The molecule has 0 saturated heterocycles. The molecule has 1 aromatic carbocycles. The number of nitrogens with one attached hydrogen (secondary N) is 2. The van der Waals surface area contributed by atoms with Crippen molar-refractivity contribution in [3.63, 3.8) is 0 Å². The van der Waals surface area contributed by atoms with E-state index in [9.17, 15) is 19.1 Å². The van der Waals surface area contributed by atoms with Crippen LogP contribution < -0.4 is 10.6 Å². The first-order valence-corrected chi connectivity index (χ1v) is 7.46. The number of furan rings is 1. The van der Waals surface area contributed by atoms with Gasteiger partial charge >= 0.3 is 11.8 Å². The van der Waals surface area contributed by atoms with Gasteiger partial charge in [0.05, 0.1) is 12.0 Å². The fourth-order valence-electron chi connectivity index (χ4n) is 2.18. The molecular formula is C17H19FN2O4. The van der Waals surface area contributed by atoms with Crippen molar-refractivity contribution in [3.8, 4) is 0 Å². The van der Waals surface area contributed by atoms with Gasteiger partial charge in [0.1, 0.15) is 17.7 Å². The summed E-state index contributed by atoms with van der Waals surface area (Å²) in [6.07, 6.45) is 0.712. The SMILES string of the molecule is Cc1ccc(NC(=O)C(=O)NC(C)CC(O)c2ccco2)c(F)c1. The molecule has 2 rings (SSSR count). The van der Waals surface area contributed by atoms with Gasteiger partial charge in [-0.2, -0.15) is 0 Å². The molecule has 0 radical (unpaired) electrons. The Morgan fingerprint density at radius 3 is 2.67 bits per heavy atom. The third-order valence-corrected chi connectivity index (χ3v) is 3.40. The second-order valence-electron chi connectivity index (χ2n) is 5.58. The van der Waals surface area contributed by atoms with Gasteiger partial charge in [0.2, 0.25) is 0 Å². The lowest BCUT2D eigenvalue weighted by Gasteiger charge is -2.16. The Balaban J connectivity index is 1.87. The van der Waals surface area contributed by atoms with E-state index in [0.29, 0.717) is 11.3 Å². The number of amides is 2. The van der Waals surface area contributed by atoms with Crippen molar-refractivity contribution < 1.29 is 23.5 Å². The molecular weight excluding hydrogens is 315 g/mol. The molecule has 24 heavy (non-hydrogen) atoms. The van der Waals surface area contributed by atoms with Gasteiger partial charge in [-0.05, 0) is 43.7 Å². The summed E-state index contributed by atoms with van der Waals surface area (Å²) in [7, 11) is 0. The molecule has 2 amide bonds. The van der Waals surface area contributed by atoms with Crippen molar-refractivity contribution in [2.75, 3.05) is 5.32 Å². The molecule has 1 heterocycles. The highest BCUT2D eigenvalue weighted by Crippen LogP contribution is 2.18. The number of anilines is 1. The first kappa shape index (κ1) is 17.7. The van der Waals surface area contributed by atoms with Crippen LogP contribution in [0.4, 0.5) is 10.1 Å². The quantitative estimate of drug-likeness (QED) is 0.732. The Kier molecular flexibility index (Phi) is 5.70. The maximum Gasteiger partial charge on any atom is 0.313 e. The summed E-state index contributed by atoms with van der Waals surface area (Å²) in [6, 6.07) is 7.05. The molecule has 3 N–H and O–H groups in total. The van der Waals surface area contributed by atoms with E-state index < -0.39 is 29.8 Å². The molecule has 2 unspecified atom stereocenters. The van der Waals surface area contributed by atoms with Crippen molar-refractivity contribution in [3.05, 3.63) is 53.7 Å². The van der Waals surface area contributed by atoms with Crippen LogP contribution in [0.25, 0.3) is 0 Å². The molecule has 7 heteroatoms. The number of carbonyl (C=O) groups excluding carboxylic acids is 2. The molecule has 1 aromatic heterocycles. The normalized spacial score (nSPS) is 13.2. The van der Waals surface area contributed by atoms with Gasteiger partial charge in [0.25, 0.3) is 0 Å². The average molecular weight is 334 g/mol. The van der Waals surface area contributed by atoms with Crippen LogP contribution in [-0.4, -0.2) is 23.0 Å². The number of aryl methyl sites for hydroxylation is 1. The van der Waals surface area contributed by atoms with Gasteiger partial charge in [0.15, 0.2) is 0 Å². The minimum Gasteiger partial charge on any atom is -0.467 e. The van der Waals surface area contributed by atoms with Crippen molar-refractivity contribution in [2.24, 2.45) is 0 Å². The summed E-state index contributed by atoms with van der Waals surface area (Å²) in [6.45, 7) is 3.36. The Labute approximate surface area is 138 Å². The van der Waals surface area contributed by atoms with Crippen LogP contribution in [-0.2, 0) is 9.59 Å². The van der Waals surface area contributed by atoms with Crippen LogP contribution in [0, 0.1) is 12.7 Å². The van der Waals surface area contributed by atoms with Gasteiger partial charge in [-0.3, -0.25) is 9.59 Å². The van der Waals surface area contributed by atoms with E-state index in [0.717, 1.165) is 0 Å². The van der Waals surface area contributed by atoms with Crippen LogP contribution in [0.15, 0.2) is 41.0 Å². The highest BCUT2D eigenvalue weighted by Gasteiger charge is 2.20. The minimum atomic E-state index is -0.975. The lowest BCUT2D eigenvalue weighted by atomic mass is 10.1. The van der Waals surface area contributed by atoms with Gasteiger partial charge < -0.3 is 20.2 Å². The summed E-state index contributed by atoms with van der Waals surface area (Å²) < 4.78 is 18.7. The Morgan fingerprint density at radius 2 is 2.04 bits per heavy atom. The van der Waals surface area contributed by atoms with Crippen LogP contribution in [0.2, 0.25) is 0 Å². The summed E-state index contributed by atoms with van der Waals surface area (Å²) in [5, 5.41) is 14.6. The van der Waals surface area contributed by atoms with Gasteiger partial charge in [-0.15, -0.1) is 0 Å². The van der Waals surface area contributed by atoms with E-state index in [1.54, 1.807) is 32.0 Å². The zero-order valence-corrected chi connectivity index (χ0v) is 13.4. The average Bonchev–Trinajstić information content (AvgIpc) is 3.04. The predicted octanol–water partition coefficient (Wildman–Crippen LogP) is 2.29. The first-order chi connectivity index (χ1) is 11.4. The number of hydrogen-bond donors (Lipinski definition) is 3. The van der Waals surface area contributed by atoms with Crippen LogP contribution in [0.1, 0.15) is 30.8 Å². The number of aliphatic hydroxyl groups is 1. The summed E-state index contributed by atoms with van der Waals surface area (Å²) in [5.74, 6) is -2.12. The van der Waals surface area contributed by atoms with E-state index in [1.807, 2.05) is 0 Å². The lowest BCUT2D eigenvalue weighted by molar-refractivity contribution is -0.136. The zero-order valence-electron chi connectivity index (χ0n) is 13.4. The van der Waals surface area contributed by atoms with Gasteiger partial charge in [0, 0.05) is 12.5 Å². The second kappa shape index (κ2) is 7.74. The van der Waals surface area contributed by atoms with E-state index in [4.69, 9.17) is 4.42 Å². The van der Waals surface area contributed by atoms with Gasteiger partial charge in [-0.1, -0.05) is 6.07 Å². The zero-order chi connectivity index (χ0) is 17.7. The van der Waals surface area contributed by atoms with E-state index >= 15 is 0 Å². The maximum atomic E-state index is 13.7. The second-order valence-corrected chi connectivity index (χ2v) is 5.58. The van der Waals surface area contributed by atoms with Crippen LogP contribution in [0.3, 0.4) is 0 Å². The molecule has 0 fully saturated rings. The van der Waals surface area contributed by atoms with E-state index in [1.165, 1.54) is 18.4 Å². The Morgan fingerprint density at radius 1 is 1.29 bits per heavy atom. The number of carbonyl (C=O) groups is 2. The van der Waals surface area contributed by atoms with Crippen LogP contribution in [0.5, 0.6) is 0 Å². The van der Waals surface area contributed by atoms with Crippen molar-refractivity contribution in [1.29, 1.82) is 0 Å². The fraction of sp³-hybridized carbons (Fsp3) is 0.294. The molecule has 0 spiro atoms. The Bertz CT molecular complexity index is 715. The highest BCUT2D eigenvalue weighted by atomic mass is 19.1. The largest absolute Gasteiger partial charge is 0.467 e. The first-order valence-electron chi connectivity index (χ1n) is 7.46. The molecule has 6 nitrogen and oxygen atoms in total. The third kappa shape index (κ3) is 4.66. The molecule has 2 atom stereocenters. The molecule has 0 bridgehead atoms. The molecule has 2 aromatic rings. The summed E-state index contributed by atoms with van der Waals surface area (Å²) in [4.78, 5) is 23.7. The summed E-state index contributed by atoms with van der Waals surface area (Å²) in [5.41, 5.74) is 0.638. The summed E-state index contributed by atoms with van der Waals surface area (Å²) >= 11 is 0. The van der Waals surface area contributed by atoms with Crippen LogP contribution >= 0.6 is 0 Å². The van der Waals surface area contributed by atoms with Crippen molar-refractivity contribution >= 4 is 17.5 Å². The standard InChI is InChI=1S/C17H19FN2O4/c1-10-5-6-13(12(18)8-10)20-17(23)16(22)19-11(2)9-14(21)15-4-3-7-24-15/h3-8,11,14,21H,9H2,1-2H3,(H,19,22)(H,20,23). The molecule has 0 aliphatic carbocycles. The number of benzene rings is 1. The highest BCUT2D eigenvalue weighted by molar-refractivity contribution is 6.39. The molecule has 0 aliphatic heterocycles. The Hall–Kier alpha value is -2.67. The van der Waals surface area contributed by atoms with Crippen molar-refractivity contribution in [1.82, 2.24) is 5.32 Å². The van der Waals surface area contributed by atoms with E-state index in [2.05, 4.69) is 10.6 Å². The smallest absolute Gasteiger partial charge is 0.313 e. The molecule has 0 saturated carbocycles. The topological polar surface area (TPSA) is 91.6 Å². The fourth-order valence-corrected chi connectivity index (χ4v) is 2.18. The maximum absolute atomic E-state index is 13.7. The number of hydrogen-bond acceptors (Lipinski definition) is 4. The van der Waals surface area contributed by atoms with E-state index in [-0.39, 0.29) is 12.1 Å². The number of rotatable bonds is 5. The predicted molar refractivity (Wildman–Crippen MR) is 85.7 cm³/mol. The monoisotopic (exact) mass is 334 g/mol. The number of aliphatic hydroxyl groups excluding tert-OH is 1. The molecule has 128 valence electrons. The lowest BCUT2D eigenvalue weighted by Crippen LogP contribution is -2.41. The van der Waals surface area contributed by atoms with Crippen molar-refractivity contribution in [2.45, 2.75) is 32.4 Å².